The van der Waals surface area contributed by atoms with E-state index in [-0.39, 0.29) is 52.6 Å². The Hall–Kier alpha value is -3.70. The van der Waals surface area contributed by atoms with Gasteiger partial charge in [-0.15, -0.1) is 0 Å². The number of sulfonamides is 1. The van der Waals surface area contributed by atoms with Gasteiger partial charge < -0.3 is 15.2 Å². The van der Waals surface area contributed by atoms with Crippen molar-refractivity contribution in [2.75, 3.05) is 11.9 Å². The number of hydrogen-bond acceptors (Lipinski definition) is 6. The number of carboxylic acids is 1. The highest BCUT2D eigenvalue weighted by Gasteiger charge is 2.27. The number of aryl methyl sites for hydroxylation is 1. The van der Waals surface area contributed by atoms with Crippen LogP contribution in [0.3, 0.4) is 0 Å². The van der Waals surface area contributed by atoms with Gasteiger partial charge >= 0.3 is 5.97 Å². The molecule has 0 saturated carbocycles. The number of nitrogens with zero attached hydrogens (tertiary/aromatic N) is 2. The van der Waals surface area contributed by atoms with Gasteiger partial charge in [0.2, 0.25) is 21.8 Å². The molecule has 1 amide bonds. The fraction of sp³-hybridized carbons (Fsp3) is 0.370. The lowest BCUT2D eigenvalue weighted by atomic mass is 10.1. The van der Waals surface area contributed by atoms with E-state index in [4.69, 9.17) is 4.74 Å². The average Bonchev–Trinajstić information content (AvgIpc) is 3.16. The summed E-state index contributed by atoms with van der Waals surface area (Å²) in [4.78, 5) is 24.0. The number of benzene rings is 2. The first kappa shape index (κ1) is 28.9. The van der Waals surface area contributed by atoms with Crippen molar-refractivity contribution in [2.45, 2.75) is 59.3 Å². The molecule has 0 saturated heterocycles. The molecule has 3 rings (SSSR count). The molecule has 0 aliphatic rings. The number of nitrogens with one attached hydrogen (secondary N) is 2. The van der Waals surface area contributed by atoms with Crippen LogP contribution in [0.5, 0.6) is 11.6 Å². The fourth-order valence-corrected chi connectivity index (χ4v) is 5.10. The van der Waals surface area contributed by atoms with Crippen molar-refractivity contribution in [2.24, 2.45) is 5.92 Å². The Labute approximate surface area is 223 Å². The topological polar surface area (TPSA) is 140 Å². The van der Waals surface area contributed by atoms with Crippen LogP contribution in [0.1, 0.15) is 60.8 Å². The van der Waals surface area contributed by atoms with Crippen molar-refractivity contribution < 1.29 is 27.9 Å². The minimum atomic E-state index is -4.04. The Morgan fingerprint density at radius 2 is 1.82 bits per heavy atom. The van der Waals surface area contributed by atoms with E-state index >= 15 is 0 Å². The van der Waals surface area contributed by atoms with Crippen LogP contribution >= 0.6 is 0 Å². The van der Waals surface area contributed by atoms with E-state index in [1.54, 1.807) is 19.1 Å². The Balaban J connectivity index is 2.17. The number of aromatic nitrogens is 2. The quantitative estimate of drug-likeness (QED) is 0.311. The van der Waals surface area contributed by atoms with Crippen molar-refractivity contribution in [3.8, 4) is 17.3 Å². The van der Waals surface area contributed by atoms with Crippen molar-refractivity contribution in [1.82, 2.24) is 14.5 Å². The number of carbonyl (C=O) groups is 2. The van der Waals surface area contributed by atoms with Crippen molar-refractivity contribution in [3.63, 3.8) is 0 Å². The highest BCUT2D eigenvalue weighted by molar-refractivity contribution is 7.89. The molecule has 38 heavy (non-hydrogen) atoms. The fourth-order valence-electron chi connectivity index (χ4n) is 3.81. The molecule has 1 heterocycles. The molecule has 0 aliphatic heterocycles. The second-order valence-electron chi connectivity index (χ2n) is 9.52. The molecule has 3 N–H and O–H groups in total. The predicted molar refractivity (Wildman–Crippen MR) is 145 cm³/mol. The van der Waals surface area contributed by atoms with Crippen molar-refractivity contribution >= 4 is 27.6 Å². The Bertz CT molecular complexity index is 1460. The number of carboxylic acid groups (broad SMARTS) is 1. The molecule has 0 fully saturated rings. The monoisotopic (exact) mass is 542 g/mol. The van der Waals surface area contributed by atoms with E-state index in [2.05, 4.69) is 15.1 Å². The van der Waals surface area contributed by atoms with Crippen LogP contribution in [0.2, 0.25) is 0 Å². The minimum absolute atomic E-state index is 0.0399. The number of aromatic carboxylic acids is 1. The smallest absolute Gasteiger partial charge is 0.356 e. The molecule has 0 spiro atoms. The van der Waals surface area contributed by atoms with Gasteiger partial charge in [-0.3, -0.25) is 4.79 Å². The minimum Gasteiger partial charge on any atom is -0.476 e. The molecule has 0 bridgehead atoms. The van der Waals surface area contributed by atoms with E-state index < -0.39 is 16.0 Å². The largest absolute Gasteiger partial charge is 0.476 e. The number of hydrogen-bond donors (Lipinski definition) is 3. The van der Waals surface area contributed by atoms with Gasteiger partial charge in [0.05, 0.1) is 5.69 Å². The van der Waals surface area contributed by atoms with Crippen LogP contribution in [-0.4, -0.2) is 41.7 Å². The van der Waals surface area contributed by atoms with Gasteiger partial charge in [0.15, 0.2) is 5.69 Å². The summed E-state index contributed by atoms with van der Waals surface area (Å²) in [6, 6.07) is 9.82. The molecule has 204 valence electrons. The van der Waals surface area contributed by atoms with Crippen molar-refractivity contribution in [3.05, 3.63) is 58.8 Å². The summed E-state index contributed by atoms with van der Waals surface area (Å²) >= 11 is 0. The van der Waals surface area contributed by atoms with Gasteiger partial charge in [0.25, 0.3) is 0 Å². The van der Waals surface area contributed by atoms with E-state index in [0.717, 1.165) is 11.1 Å². The van der Waals surface area contributed by atoms with Crippen LogP contribution in [0.25, 0.3) is 5.69 Å². The summed E-state index contributed by atoms with van der Waals surface area (Å²) < 4.78 is 36.5. The number of anilines is 1. The Morgan fingerprint density at radius 1 is 1.11 bits per heavy atom. The molecule has 0 unspecified atom stereocenters. The molecule has 10 nitrogen and oxygen atoms in total. The van der Waals surface area contributed by atoms with Crippen LogP contribution in [0, 0.1) is 26.7 Å². The number of rotatable bonds is 11. The summed E-state index contributed by atoms with van der Waals surface area (Å²) in [5.41, 5.74) is 2.74. The summed E-state index contributed by atoms with van der Waals surface area (Å²) in [7, 11) is -4.04. The van der Waals surface area contributed by atoms with Gasteiger partial charge in [-0.25, -0.2) is 17.9 Å². The standard InChI is InChI=1S/C27H34N4O6S/c1-7-13-28-38(35,36)23-15-20(29-24(32)14-16(2)3)11-12-22(23)37-26-19(6)25(27(33)34)30-31(26)21-10-8-9-17(4)18(21)5/h8-12,15-16,28H,7,13-14H2,1-6H3,(H,29,32)(H,33,34). The maximum atomic E-state index is 13.2. The predicted octanol–water partition coefficient (Wildman–Crippen LogP) is 4.96. The zero-order chi connectivity index (χ0) is 28.2. The molecule has 0 radical (unpaired) electrons. The van der Waals surface area contributed by atoms with Gasteiger partial charge in [-0.05, 0) is 68.5 Å². The van der Waals surface area contributed by atoms with Crippen molar-refractivity contribution in [1.29, 1.82) is 0 Å². The Kier molecular flexibility index (Phi) is 8.95. The molecule has 0 atom stereocenters. The maximum Gasteiger partial charge on any atom is 0.356 e. The highest BCUT2D eigenvalue weighted by Crippen LogP contribution is 2.36. The number of ether oxygens (including phenoxy) is 1. The number of amides is 1. The second-order valence-corrected chi connectivity index (χ2v) is 11.3. The summed E-state index contributed by atoms with van der Waals surface area (Å²) in [5, 5.41) is 16.7. The first-order valence-electron chi connectivity index (χ1n) is 12.4. The molecule has 0 aliphatic carbocycles. The first-order chi connectivity index (χ1) is 17.9. The van der Waals surface area contributed by atoms with Crippen LogP contribution in [0.15, 0.2) is 41.3 Å². The lowest BCUT2D eigenvalue weighted by Crippen LogP contribution is -2.25. The second kappa shape index (κ2) is 11.8. The molecule has 1 aromatic heterocycles. The van der Waals surface area contributed by atoms with Gasteiger partial charge in [-0.2, -0.15) is 9.78 Å². The van der Waals surface area contributed by atoms with E-state index in [1.807, 2.05) is 46.8 Å². The van der Waals surface area contributed by atoms with Crippen LogP contribution in [-0.2, 0) is 14.8 Å². The van der Waals surface area contributed by atoms with E-state index in [9.17, 15) is 23.1 Å². The molecule has 3 aromatic rings. The molecule has 11 heteroatoms. The molecular weight excluding hydrogens is 508 g/mol. The van der Waals surface area contributed by atoms with Gasteiger partial charge in [0, 0.05) is 24.2 Å². The molecule has 2 aromatic carbocycles. The normalized spacial score (nSPS) is 11.6. The van der Waals surface area contributed by atoms with Crippen LogP contribution < -0.4 is 14.8 Å². The summed E-state index contributed by atoms with van der Waals surface area (Å²) in [6.45, 7) is 11.2. The number of carbonyl (C=O) groups excluding carboxylic acids is 1. The SMILES string of the molecule is CCCNS(=O)(=O)c1cc(NC(=O)CC(C)C)ccc1Oc1c(C)c(C(=O)O)nn1-c1cccc(C)c1C. The Morgan fingerprint density at radius 3 is 2.45 bits per heavy atom. The van der Waals surface area contributed by atoms with E-state index in [1.165, 1.54) is 16.8 Å². The lowest BCUT2D eigenvalue weighted by molar-refractivity contribution is -0.116. The summed E-state index contributed by atoms with van der Waals surface area (Å²) in [5.74, 6) is -1.32. The summed E-state index contributed by atoms with van der Waals surface area (Å²) in [6.07, 6.45) is 0.849. The lowest BCUT2D eigenvalue weighted by Gasteiger charge is -2.17. The average molecular weight is 543 g/mol. The zero-order valence-electron chi connectivity index (χ0n) is 22.5. The molecular formula is C27H34N4O6S. The third-order valence-electron chi connectivity index (χ3n) is 5.93. The van der Waals surface area contributed by atoms with Gasteiger partial charge in [-0.1, -0.05) is 32.9 Å². The first-order valence-corrected chi connectivity index (χ1v) is 13.8. The van der Waals surface area contributed by atoms with Crippen LogP contribution in [0.4, 0.5) is 5.69 Å². The third kappa shape index (κ3) is 6.40. The highest BCUT2D eigenvalue weighted by atomic mass is 32.2. The van der Waals surface area contributed by atoms with E-state index in [0.29, 0.717) is 17.8 Å². The maximum absolute atomic E-state index is 13.2. The van der Waals surface area contributed by atoms with Gasteiger partial charge in [0.1, 0.15) is 10.6 Å². The zero-order valence-corrected chi connectivity index (χ0v) is 23.3. The third-order valence-corrected chi connectivity index (χ3v) is 7.42.